The average molecular weight is 314 g/mol. The van der Waals surface area contributed by atoms with Gasteiger partial charge in [-0.25, -0.2) is 4.39 Å². The molecule has 0 fully saturated rings. The van der Waals surface area contributed by atoms with E-state index in [0.717, 1.165) is 0 Å². The van der Waals surface area contributed by atoms with Gasteiger partial charge in [-0.3, -0.25) is 5.10 Å². The lowest BCUT2D eigenvalue weighted by Crippen LogP contribution is -2.16. The van der Waals surface area contributed by atoms with Crippen molar-refractivity contribution in [2.24, 2.45) is 0 Å². The molecule has 1 aromatic carbocycles. The summed E-state index contributed by atoms with van der Waals surface area (Å²) < 4.78 is 25.6. The van der Waals surface area contributed by atoms with E-state index in [1.165, 1.54) is 6.20 Å². The van der Waals surface area contributed by atoms with Crippen molar-refractivity contribution in [3.8, 4) is 22.6 Å². The maximum atomic E-state index is 14.4. The minimum Gasteiger partial charge on any atom is -0.486 e. The Hall–Kier alpha value is -1.76. The molecule has 0 aliphatic carbocycles. The maximum absolute atomic E-state index is 14.4. The highest BCUT2D eigenvalue weighted by molar-refractivity contribution is 9.10. The summed E-state index contributed by atoms with van der Waals surface area (Å²) in [5, 5.41) is 6.35. The number of fused-ring (bicyclic) bond motifs is 1. The number of hydrogen-bond acceptors (Lipinski definition) is 4. The van der Waals surface area contributed by atoms with Crippen LogP contribution in [0.1, 0.15) is 0 Å². The molecule has 2 heterocycles. The molecule has 0 unspecified atom stereocenters. The van der Waals surface area contributed by atoms with Crippen molar-refractivity contribution in [1.82, 2.24) is 10.2 Å². The second-order valence-electron chi connectivity index (χ2n) is 3.77. The Morgan fingerprint density at radius 2 is 2.17 bits per heavy atom. The number of benzene rings is 1. The number of aromatic nitrogens is 2. The van der Waals surface area contributed by atoms with E-state index in [1.807, 2.05) is 0 Å². The van der Waals surface area contributed by atoms with E-state index in [0.29, 0.717) is 40.4 Å². The quantitative estimate of drug-likeness (QED) is 0.847. The predicted molar refractivity (Wildman–Crippen MR) is 67.1 cm³/mol. The van der Waals surface area contributed by atoms with Gasteiger partial charge in [0.1, 0.15) is 19.0 Å². The number of nitrogens with zero attached hydrogens (tertiary/aromatic N) is 1. The highest BCUT2D eigenvalue weighted by Crippen LogP contribution is 2.44. The number of anilines is 1. The van der Waals surface area contributed by atoms with Crippen LogP contribution in [0.25, 0.3) is 11.1 Å². The van der Waals surface area contributed by atoms with Crippen molar-refractivity contribution in [1.29, 1.82) is 0 Å². The van der Waals surface area contributed by atoms with Crippen LogP contribution in [0.5, 0.6) is 11.5 Å². The van der Waals surface area contributed by atoms with Gasteiger partial charge in [0.25, 0.3) is 0 Å². The van der Waals surface area contributed by atoms with Gasteiger partial charge < -0.3 is 15.2 Å². The first-order valence-corrected chi connectivity index (χ1v) is 6.04. The van der Waals surface area contributed by atoms with Crippen LogP contribution in [-0.2, 0) is 0 Å². The number of nitrogens with two attached hydrogens (primary N) is 1. The fourth-order valence-electron chi connectivity index (χ4n) is 1.86. The molecule has 2 aromatic rings. The monoisotopic (exact) mass is 313 g/mol. The number of halogens is 2. The van der Waals surface area contributed by atoms with E-state index < -0.39 is 5.82 Å². The average Bonchev–Trinajstić information content (AvgIpc) is 2.76. The summed E-state index contributed by atoms with van der Waals surface area (Å²) in [7, 11) is 0. The van der Waals surface area contributed by atoms with Crippen LogP contribution in [-0.4, -0.2) is 23.4 Å². The summed E-state index contributed by atoms with van der Waals surface area (Å²) in [6.07, 6.45) is 1.47. The molecule has 18 heavy (non-hydrogen) atoms. The summed E-state index contributed by atoms with van der Waals surface area (Å²) in [4.78, 5) is 0. The van der Waals surface area contributed by atoms with Crippen LogP contribution in [0.3, 0.4) is 0 Å². The van der Waals surface area contributed by atoms with Gasteiger partial charge in [0.2, 0.25) is 0 Å². The van der Waals surface area contributed by atoms with Crippen molar-refractivity contribution < 1.29 is 13.9 Å². The van der Waals surface area contributed by atoms with Crippen LogP contribution < -0.4 is 15.2 Å². The van der Waals surface area contributed by atoms with E-state index in [1.54, 1.807) is 6.07 Å². The Morgan fingerprint density at radius 1 is 1.39 bits per heavy atom. The number of ether oxygens (including phenoxy) is 2. The number of rotatable bonds is 1. The number of H-pyrrole nitrogens is 1. The Bertz CT molecular complexity index is 615. The molecular formula is C11H9BrFN3O2. The molecule has 0 amide bonds. The zero-order chi connectivity index (χ0) is 12.7. The Kier molecular flexibility index (Phi) is 2.62. The van der Waals surface area contributed by atoms with Crippen LogP contribution in [0.4, 0.5) is 10.2 Å². The summed E-state index contributed by atoms with van der Waals surface area (Å²) in [5.41, 5.74) is 6.50. The summed E-state index contributed by atoms with van der Waals surface area (Å²) in [6.45, 7) is 0.734. The van der Waals surface area contributed by atoms with Crippen LogP contribution in [0.15, 0.2) is 16.7 Å². The SMILES string of the molecule is Nc1[nH]ncc1-c1c(Br)cc2c(c1F)OCCO2. The van der Waals surface area contributed by atoms with Gasteiger partial charge in [-0.15, -0.1) is 0 Å². The van der Waals surface area contributed by atoms with Crippen molar-refractivity contribution >= 4 is 21.7 Å². The largest absolute Gasteiger partial charge is 0.486 e. The van der Waals surface area contributed by atoms with Crippen molar-refractivity contribution in [2.45, 2.75) is 0 Å². The minimum absolute atomic E-state index is 0.111. The minimum atomic E-state index is -0.507. The van der Waals surface area contributed by atoms with Gasteiger partial charge in [-0.1, -0.05) is 0 Å². The topological polar surface area (TPSA) is 73.2 Å². The van der Waals surface area contributed by atoms with Crippen LogP contribution >= 0.6 is 15.9 Å². The van der Waals surface area contributed by atoms with E-state index in [4.69, 9.17) is 15.2 Å². The predicted octanol–water partition coefficient (Wildman–Crippen LogP) is 2.33. The molecule has 0 atom stereocenters. The maximum Gasteiger partial charge on any atom is 0.197 e. The van der Waals surface area contributed by atoms with Gasteiger partial charge in [0.05, 0.1) is 6.20 Å². The van der Waals surface area contributed by atoms with Gasteiger partial charge >= 0.3 is 0 Å². The third kappa shape index (κ3) is 1.62. The number of aromatic amines is 1. The summed E-state index contributed by atoms with van der Waals surface area (Å²) in [6, 6.07) is 1.67. The standard InChI is InChI=1S/C11H9BrFN3O2/c12-6-3-7-10(18-2-1-17-7)9(13)8(6)5-4-15-16-11(5)14/h3-4H,1-2H2,(H3,14,15,16). The second kappa shape index (κ2) is 4.16. The lowest BCUT2D eigenvalue weighted by molar-refractivity contribution is 0.164. The van der Waals surface area contributed by atoms with E-state index in [9.17, 15) is 4.39 Å². The first-order chi connectivity index (χ1) is 8.68. The first-order valence-electron chi connectivity index (χ1n) is 5.25. The fourth-order valence-corrected chi connectivity index (χ4v) is 2.45. The number of hydrogen-bond donors (Lipinski definition) is 2. The van der Waals surface area contributed by atoms with E-state index >= 15 is 0 Å². The van der Waals surface area contributed by atoms with Gasteiger partial charge in [-0.05, 0) is 22.0 Å². The van der Waals surface area contributed by atoms with Crippen molar-refractivity contribution in [2.75, 3.05) is 18.9 Å². The highest BCUT2D eigenvalue weighted by atomic mass is 79.9. The number of nitrogens with one attached hydrogen (secondary N) is 1. The molecule has 5 nitrogen and oxygen atoms in total. The summed E-state index contributed by atoms with van der Waals surface area (Å²) >= 11 is 3.31. The van der Waals surface area contributed by atoms with Crippen LogP contribution in [0, 0.1) is 5.82 Å². The first kappa shape index (κ1) is 11.3. The lowest BCUT2D eigenvalue weighted by atomic mass is 10.1. The molecule has 0 bridgehead atoms. The van der Waals surface area contributed by atoms with Crippen molar-refractivity contribution in [3.05, 3.63) is 22.6 Å². The second-order valence-corrected chi connectivity index (χ2v) is 4.62. The zero-order valence-corrected chi connectivity index (χ0v) is 10.8. The molecule has 1 aliphatic rings. The molecule has 0 spiro atoms. The zero-order valence-electron chi connectivity index (χ0n) is 9.17. The molecular weight excluding hydrogens is 305 g/mol. The van der Waals surface area contributed by atoms with E-state index in [-0.39, 0.29) is 5.75 Å². The number of nitrogen functional groups attached to an aromatic ring is 1. The molecule has 0 saturated heterocycles. The molecule has 0 saturated carbocycles. The molecule has 0 radical (unpaired) electrons. The van der Waals surface area contributed by atoms with Crippen LogP contribution in [0.2, 0.25) is 0 Å². The fraction of sp³-hybridized carbons (Fsp3) is 0.182. The Labute approximate surface area is 110 Å². The molecule has 1 aromatic heterocycles. The van der Waals surface area contributed by atoms with Gasteiger partial charge in [0, 0.05) is 15.6 Å². The van der Waals surface area contributed by atoms with Crippen molar-refractivity contribution in [3.63, 3.8) is 0 Å². The van der Waals surface area contributed by atoms with Gasteiger partial charge in [0.15, 0.2) is 17.3 Å². The lowest BCUT2D eigenvalue weighted by Gasteiger charge is -2.20. The highest BCUT2D eigenvalue weighted by Gasteiger charge is 2.24. The Morgan fingerprint density at radius 3 is 2.89 bits per heavy atom. The third-order valence-corrected chi connectivity index (χ3v) is 3.29. The van der Waals surface area contributed by atoms with E-state index in [2.05, 4.69) is 26.1 Å². The third-order valence-electron chi connectivity index (χ3n) is 2.66. The molecule has 3 N–H and O–H groups in total. The molecule has 94 valence electrons. The smallest absolute Gasteiger partial charge is 0.197 e. The normalized spacial score (nSPS) is 13.7. The molecule has 7 heteroatoms. The molecule has 1 aliphatic heterocycles. The summed E-state index contributed by atoms with van der Waals surface area (Å²) in [5.74, 6) is 0.287. The molecule has 3 rings (SSSR count). The Balaban J connectivity index is 2.24. The van der Waals surface area contributed by atoms with Gasteiger partial charge in [-0.2, -0.15) is 5.10 Å².